The largest absolute Gasteiger partial charge is 0.373 e. The first-order valence-corrected chi connectivity index (χ1v) is 11.0. The van der Waals surface area contributed by atoms with Crippen molar-refractivity contribution in [2.75, 3.05) is 61.4 Å². The summed E-state index contributed by atoms with van der Waals surface area (Å²) in [5.41, 5.74) is 0.517. The number of amides is 1. The van der Waals surface area contributed by atoms with E-state index in [9.17, 15) is 4.79 Å². The van der Waals surface area contributed by atoms with Crippen molar-refractivity contribution in [1.29, 1.82) is 5.41 Å². The quantitative estimate of drug-likeness (QED) is 0.711. The van der Waals surface area contributed by atoms with E-state index >= 15 is 0 Å². The first-order chi connectivity index (χ1) is 15.2. The molecule has 0 atom stereocenters. The number of carbonyl (C=O) groups excluding carboxylic acids is 1. The molecule has 2 fully saturated rings. The molecule has 9 heteroatoms. The van der Waals surface area contributed by atoms with E-state index in [1.807, 2.05) is 12.1 Å². The van der Waals surface area contributed by atoms with E-state index in [1.165, 1.54) is 25.7 Å². The lowest BCUT2D eigenvalue weighted by Gasteiger charge is -2.34. The van der Waals surface area contributed by atoms with Crippen LogP contribution in [0.3, 0.4) is 0 Å². The number of piperazine rings is 1. The molecule has 0 aromatic carbocycles. The van der Waals surface area contributed by atoms with Gasteiger partial charge in [-0.15, -0.1) is 0 Å². The van der Waals surface area contributed by atoms with Crippen LogP contribution in [0.4, 0.5) is 17.6 Å². The molecule has 2 saturated heterocycles. The summed E-state index contributed by atoms with van der Waals surface area (Å²) in [5.74, 6) is 1.90. The maximum atomic E-state index is 13.0. The fourth-order valence-corrected chi connectivity index (χ4v) is 4.15. The van der Waals surface area contributed by atoms with Crippen LogP contribution in [-0.2, 0) is 4.79 Å². The van der Waals surface area contributed by atoms with Gasteiger partial charge in [0.05, 0.1) is 0 Å². The number of rotatable bonds is 5. The zero-order chi connectivity index (χ0) is 21.6. The summed E-state index contributed by atoms with van der Waals surface area (Å²) < 4.78 is 0. The molecule has 0 bridgehead atoms. The van der Waals surface area contributed by atoms with Crippen molar-refractivity contribution in [3.8, 4) is 0 Å². The molecule has 0 saturated carbocycles. The van der Waals surface area contributed by atoms with E-state index in [0.717, 1.165) is 18.9 Å². The summed E-state index contributed by atoms with van der Waals surface area (Å²) in [6, 6.07) is 5.58. The molecule has 2 aromatic rings. The molecule has 0 unspecified atom stereocenters. The molecule has 1 amide bonds. The monoisotopic (exact) mass is 422 g/mol. The second-order valence-corrected chi connectivity index (χ2v) is 7.92. The topological polar surface area (TPSA) is 101 Å². The Balaban J connectivity index is 1.43. The average Bonchev–Trinajstić information content (AvgIpc) is 3.13. The van der Waals surface area contributed by atoms with Gasteiger partial charge in [-0.05, 0) is 31.0 Å². The van der Waals surface area contributed by atoms with Crippen LogP contribution < -0.4 is 15.1 Å². The van der Waals surface area contributed by atoms with E-state index < -0.39 is 0 Å². The van der Waals surface area contributed by atoms with Crippen molar-refractivity contribution in [2.24, 2.45) is 0 Å². The second kappa shape index (κ2) is 9.72. The van der Waals surface area contributed by atoms with Gasteiger partial charge < -0.3 is 20.0 Å². The molecule has 4 heterocycles. The summed E-state index contributed by atoms with van der Waals surface area (Å²) in [5, 5.41) is 11.6. The lowest BCUT2D eigenvalue weighted by atomic mass is 10.1. The Hall–Kier alpha value is -3.23. The Bertz CT molecular complexity index is 903. The smallest absolute Gasteiger partial charge is 0.272 e. The Morgan fingerprint density at radius 2 is 1.61 bits per heavy atom. The molecule has 4 rings (SSSR count). The minimum Gasteiger partial charge on any atom is -0.373 e. The first-order valence-electron chi connectivity index (χ1n) is 11.0. The maximum Gasteiger partial charge on any atom is 0.272 e. The van der Waals surface area contributed by atoms with Crippen molar-refractivity contribution in [3.63, 3.8) is 0 Å². The molecule has 31 heavy (non-hydrogen) atoms. The van der Waals surface area contributed by atoms with Gasteiger partial charge in [-0.25, -0.2) is 15.0 Å². The van der Waals surface area contributed by atoms with Crippen LogP contribution in [0.2, 0.25) is 0 Å². The highest BCUT2D eigenvalue weighted by Gasteiger charge is 2.27. The molecule has 0 radical (unpaired) electrons. The van der Waals surface area contributed by atoms with Crippen LogP contribution in [0.25, 0.3) is 0 Å². The van der Waals surface area contributed by atoms with Gasteiger partial charge in [0.25, 0.3) is 5.91 Å². The average molecular weight is 423 g/mol. The highest BCUT2D eigenvalue weighted by Crippen LogP contribution is 2.23. The minimum atomic E-state index is -0.269. The van der Waals surface area contributed by atoms with Crippen LogP contribution in [0, 0.1) is 5.41 Å². The molecule has 2 aromatic heterocycles. The standard InChI is InChI=1S/C22H30N8O/c1-24-20-17(7-8-18(27-20)28-11-4-2-3-5-12-28)19(23)21(31)29-13-15-30(16-14-29)22-25-9-6-10-26-22/h6-10,23H,2-5,11-16H2,1H3,(H,24,27). The van der Waals surface area contributed by atoms with Crippen molar-refractivity contribution in [1.82, 2.24) is 19.9 Å². The number of hydrogen-bond donors (Lipinski definition) is 2. The molecule has 2 aliphatic heterocycles. The number of hydrogen-bond acceptors (Lipinski definition) is 8. The van der Waals surface area contributed by atoms with Crippen LogP contribution >= 0.6 is 0 Å². The van der Waals surface area contributed by atoms with Gasteiger partial charge in [0.15, 0.2) is 0 Å². The van der Waals surface area contributed by atoms with Crippen LogP contribution in [-0.4, -0.2) is 77.8 Å². The number of aromatic nitrogens is 3. The summed E-state index contributed by atoms with van der Waals surface area (Å²) in [7, 11) is 1.79. The third-order valence-electron chi connectivity index (χ3n) is 5.93. The molecule has 9 nitrogen and oxygen atoms in total. The van der Waals surface area contributed by atoms with Crippen molar-refractivity contribution in [3.05, 3.63) is 36.2 Å². The van der Waals surface area contributed by atoms with Gasteiger partial charge in [-0.1, -0.05) is 12.8 Å². The maximum absolute atomic E-state index is 13.0. The van der Waals surface area contributed by atoms with E-state index in [4.69, 9.17) is 10.4 Å². The molecule has 0 spiro atoms. The number of carbonyl (C=O) groups is 1. The van der Waals surface area contributed by atoms with E-state index in [1.54, 1.807) is 30.4 Å². The van der Waals surface area contributed by atoms with Crippen LogP contribution in [0.1, 0.15) is 31.2 Å². The summed E-state index contributed by atoms with van der Waals surface area (Å²) >= 11 is 0. The van der Waals surface area contributed by atoms with E-state index in [2.05, 4.69) is 25.1 Å². The van der Waals surface area contributed by atoms with Crippen molar-refractivity contribution < 1.29 is 4.79 Å². The third-order valence-corrected chi connectivity index (χ3v) is 5.93. The zero-order valence-corrected chi connectivity index (χ0v) is 18.0. The molecule has 164 valence electrons. The van der Waals surface area contributed by atoms with Crippen molar-refractivity contribution in [2.45, 2.75) is 25.7 Å². The van der Waals surface area contributed by atoms with Gasteiger partial charge in [-0.2, -0.15) is 0 Å². The van der Waals surface area contributed by atoms with Gasteiger partial charge >= 0.3 is 0 Å². The summed E-state index contributed by atoms with van der Waals surface area (Å²) in [6.45, 7) is 4.37. The van der Waals surface area contributed by atoms with Gasteiger partial charge in [0.2, 0.25) is 5.95 Å². The highest BCUT2D eigenvalue weighted by atomic mass is 16.2. The Kier molecular flexibility index (Phi) is 6.59. The predicted molar refractivity (Wildman–Crippen MR) is 122 cm³/mol. The molecule has 0 aliphatic carbocycles. The number of nitrogens with zero attached hydrogens (tertiary/aromatic N) is 6. The lowest BCUT2D eigenvalue weighted by Crippen LogP contribution is -2.51. The third kappa shape index (κ3) is 4.76. The highest BCUT2D eigenvalue weighted by molar-refractivity contribution is 6.45. The van der Waals surface area contributed by atoms with Crippen LogP contribution in [0.15, 0.2) is 30.6 Å². The first kappa shape index (κ1) is 21.0. The number of anilines is 3. The van der Waals surface area contributed by atoms with Crippen LogP contribution in [0.5, 0.6) is 0 Å². The normalized spacial score (nSPS) is 17.3. The molecular weight excluding hydrogens is 392 g/mol. The Labute approximate surface area is 183 Å². The predicted octanol–water partition coefficient (Wildman–Crippen LogP) is 2.01. The number of pyridine rings is 1. The van der Waals surface area contributed by atoms with Gasteiger partial charge in [-0.3, -0.25) is 10.2 Å². The van der Waals surface area contributed by atoms with Gasteiger partial charge in [0, 0.05) is 64.3 Å². The summed E-state index contributed by atoms with van der Waals surface area (Å²) in [6.07, 6.45) is 8.31. The second-order valence-electron chi connectivity index (χ2n) is 7.92. The van der Waals surface area contributed by atoms with Crippen molar-refractivity contribution >= 4 is 29.2 Å². The van der Waals surface area contributed by atoms with E-state index in [0.29, 0.717) is 43.5 Å². The SMILES string of the molecule is CNc1nc(N2CCCCCC2)ccc1C(=N)C(=O)N1CCN(c2ncccn2)CC1. The zero-order valence-electron chi connectivity index (χ0n) is 18.0. The minimum absolute atomic E-state index is 0.0244. The van der Waals surface area contributed by atoms with Gasteiger partial charge in [0.1, 0.15) is 17.3 Å². The Morgan fingerprint density at radius 1 is 0.935 bits per heavy atom. The number of nitrogens with one attached hydrogen (secondary N) is 2. The summed E-state index contributed by atoms with van der Waals surface area (Å²) in [4.78, 5) is 32.4. The molecular formula is C22H30N8O. The Morgan fingerprint density at radius 3 is 2.26 bits per heavy atom. The lowest BCUT2D eigenvalue weighted by molar-refractivity contribution is -0.124. The molecule has 2 N–H and O–H groups in total. The fraction of sp³-hybridized carbons (Fsp3) is 0.500. The molecule has 2 aliphatic rings. The fourth-order valence-electron chi connectivity index (χ4n) is 4.15. The van der Waals surface area contributed by atoms with E-state index in [-0.39, 0.29) is 11.6 Å².